The van der Waals surface area contributed by atoms with Crippen LogP contribution in [0, 0.1) is 18.3 Å². The minimum absolute atomic E-state index is 0.0461. The van der Waals surface area contributed by atoms with Gasteiger partial charge >= 0.3 is 0 Å². The fourth-order valence-corrected chi connectivity index (χ4v) is 5.57. The van der Waals surface area contributed by atoms with Crippen molar-refractivity contribution in [2.75, 3.05) is 26.7 Å². The number of primary amides is 1. The zero-order valence-corrected chi connectivity index (χ0v) is 29.1. The second-order valence-electron chi connectivity index (χ2n) is 11.5. The number of unbranched alkanes of at least 4 members (excludes halogenated alkanes) is 3. The topological polar surface area (TPSA) is 123 Å². The Bertz CT molecular complexity index is 1390. The highest BCUT2D eigenvalue weighted by Gasteiger charge is 2.43. The summed E-state index contributed by atoms with van der Waals surface area (Å²) in [5.41, 5.74) is 7.65. The molecule has 1 aromatic carbocycles. The first-order valence-electron chi connectivity index (χ1n) is 16.7. The maximum Gasteiger partial charge on any atom is 0.250 e. The van der Waals surface area contributed by atoms with E-state index in [0.29, 0.717) is 24.4 Å². The average Bonchev–Trinajstić information content (AvgIpc) is 3.68. The number of aryl methyl sites for hydroxylation is 2. The first-order valence-corrected chi connectivity index (χ1v) is 16.7. The van der Waals surface area contributed by atoms with Gasteiger partial charge in [-0.25, -0.2) is 4.98 Å². The van der Waals surface area contributed by atoms with Crippen LogP contribution >= 0.6 is 0 Å². The van der Waals surface area contributed by atoms with E-state index in [0.717, 1.165) is 65.5 Å². The third-order valence-electron chi connectivity index (χ3n) is 8.70. The molecule has 0 atom stereocenters. The first kappa shape index (κ1) is 40.1. The summed E-state index contributed by atoms with van der Waals surface area (Å²) < 4.78 is 7.19. The van der Waals surface area contributed by atoms with E-state index in [9.17, 15) is 9.59 Å². The van der Waals surface area contributed by atoms with E-state index in [2.05, 4.69) is 40.4 Å². The summed E-state index contributed by atoms with van der Waals surface area (Å²) in [5.74, 6) is 2.01. The lowest BCUT2D eigenvalue weighted by Crippen LogP contribution is -2.34. The number of H-pyrrole nitrogens is 1. The summed E-state index contributed by atoms with van der Waals surface area (Å²) in [6.45, 7) is 12.2. The van der Waals surface area contributed by atoms with Gasteiger partial charge < -0.3 is 24.9 Å². The first-order chi connectivity index (χ1) is 22.3. The Morgan fingerprint density at radius 3 is 2.26 bits per heavy atom. The zero-order chi connectivity index (χ0) is 34.5. The number of methoxy groups -OCH3 is 1. The van der Waals surface area contributed by atoms with Gasteiger partial charge in [0.25, 0.3) is 5.56 Å². The molecule has 2 aromatic heterocycles. The van der Waals surface area contributed by atoms with Crippen molar-refractivity contribution in [3.05, 3.63) is 46.6 Å². The number of piperidine rings is 1. The Kier molecular flexibility index (Phi) is 19.0. The number of aromatic amines is 1. The van der Waals surface area contributed by atoms with Crippen LogP contribution in [0.1, 0.15) is 97.7 Å². The van der Waals surface area contributed by atoms with Crippen LogP contribution in [0.5, 0.6) is 5.75 Å². The molecule has 3 heterocycles. The van der Waals surface area contributed by atoms with Crippen molar-refractivity contribution in [2.24, 2.45) is 18.2 Å². The number of nitrogens with one attached hydrogen (secondary N) is 1. The molecule has 2 aliphatic rings. The van der Waals surface area contributed by atoms with E-state index < -0.39 is 0 Å². The van der Waals surface area contributed by atoms with Gasteiger partial charge in [-0.2, -0.15) is 0 Å². The molecule has 1 amide bonds. The molecule has 0 radical (unpaired) electrons. The predicted molar refractivity (Wildman–Crippen MR) is 190 cm³/mol. The molecule has 9 heteroatoms. The molecule has 9 nitrogen and oxygen atoms in total. The van der Waals surface area contributed by atoms with E-state index >= 15 is 0 Å². The second-order valence-corrected chi connectivity index (χ2v) is 11.5. The van der Waals surface area contributed by atoms with E-state index in [-0.39, 0.29) is 12.0 Å². The number of imidazole rings is 1. The molecule has 1 spiro atoms. The number of nitrogens with two attached hydrogens (primary N) is 1. The lowest BCUT2D eigenvalue weighted by molar-refractivity contribution is -0.118. The molecule has 1 aliphatic carbocycles. The third-order valence-corrected chi connectivity index (χ3v) is 8.70. The molecule has 0 bridgehead atoms. The van der Waals surface area contributed by atoms with Crippen molar-refractivity contribution in [3.8, 4) is 29.9 Å². The Hall–Kier alpha value is -3.90. The van der Waals surface area contributed by atoms with Gasteiger partial charge in [0.2, 0.25) is 6.41 Å². The second kappa shape index (κ2) is 21.8. The number of pyridine rings is 1. The van der Waals surface area contributed by atoms with Crippen molar-refractivity contribution in [3.63, 3.8) is 0 Å². The normalized spacial score (nSPS) is 14.2. The molecule has 2 fully saturated rings. The van der Waals surface area contributed by atoms with Crippen molar-refractivity contribution in [2.45, 2.75) is 98.3 Å². The SMILES string of the molecule is C#C.CC.CCC(=O)CCCCCCc1ncc(-c2cc3ccc(=O)n(C)c3cc2OC)[nH]1.CCN1CCC2(CC1)CC2.NC=O. The predicted octanol–water partition coefficient (Wildman–Crippen LogP) is 6.67. The largest absolute Gasteiger partial charge is 0.496 e. The number of rotatable bonds is 11. The maximum atomic E-state index is 11.9. The van der Waals surface area contributed by atoms with Crippen LogP contribution in [0.15, 0.2) is 35.3 Å². The van der Waals surface area contributed by atoms with Crippen LogP contribution in [0.3, 0.4) is 0 Å². The fourth-order valence-electron chi connectivity index (χ4n) is 5.57. The average molecular weight is 636 g/mol. The van der Waals surface area contributed by atoms with Crippen LogP contribution in [-0.4, -0.2) is 58.4 Å². The number of terminal acetylenes is 1. The molecular formula is C37H57N5O4. The molecular weight excluding hydrogens is 578 g/mol. The minimum atomic E-state index is -0.0461. The Morgan fingerprint density at radius 2 is 1.70 bits per heavy atom. The molecule has 3 N–H and O–H groups in total. The van der Waals surface area contributed by atoms with Gasteiger partial charge in [-0.3, -0.25) is 14.4 Å². The summed E-state index contributed by atoms with van der Waals surface area (Å²) in [6, 6.07) is 7.33. The lowest BCUT2D eigenvalue weighted by Gasteiger charge is -2.30. The Labute approximate surface area is 276 Å². The number of ether oxygens (including phenoxy) is 1. The maximum absolute atomic E-state index is 11.9. The Morgan fingerprint density at radius 1 is 1.07 bits per heavy atom. The van der Waals surface area contributed by atoms with Crippen LogP contribution in [-0.2, 0) is 23.1 Å². The highest BCUT2D eigenvalue weighted by molar-refractivity contribution is 5.87. The van der Waals surface area contributed by atoms with Gasteiger partial charge in [0, 0.05) is 44.0 Å². The van der Waals surface area contributed by atoms with Crippen LogP contribution in [0.25, 0.3) is 22.2 Å². The number of aromatic nitrogens is 3. The van der Waals surface area contributed by atoms with Gasteiger partial charge in [-0.05, 0) is 81.1 Å². The standard InChI is InChI=1S/C23H29N3O3.C9H17N.C2H6.C2H2.CH3NO/c1-4-17(27)9-7-5-6-8-10-22-24-15-19(25-22)18-13-16-11-12-23(28)26(2)20(16)14-21(18)29-3;1-2-10-7-5-9(3-4-9)6-8-10;2*1-2;2-1-3/h11-15H,4-10H2,1-3H3,(H,24,25);2-8H2,1H3;1-2H3;1-2H;1H,(H2,2,3). The summed E-state index contributed by atoms with van der Waals surface area (Å²) in [6.07, 6.45) is 22.6. The van der Waals surface area contributed by atoms with Gasteiger partial charge in [-0.15, -0.1) is 12.8 Å². The van der Waals surface area contributed by atoms with Crippen LogP contribution in [0.2, 0.25) is 0 Å². The van der Waals surface area contributed by atoms with Gasteiger partial charge in [0.05, 0.1) is 24.5 Å². The van der Waals surface area contributed by atoms with Gasteiger partial charge in [-0.1, -0.05) is 40.5 Å². The molecule has 3 aromatic rings. The number of Topliss-reactive ketones (excluding diaryl/α,β-unsaturated/α-hetero) is 1. The van der Waals surface area contributed by atoms with Gasteiger partial charge in [0.1, 0.15) is 17.4 Å². The van der Waals surface area contributed by atoms with Crippen molar-refractivity contribution < 1.29 is 14.3 Å². The third kappa shape index (κ3) is 12.5. The summed E-state index contributed by atoms with van der Waals surface area (Å²) >= 11 is 0. The van der Waals surface area contributed by atoms with E-state index in [1.54, 1.807) is 24.8 Å². The van der Waals surface area contributed by atoms with E-state index in [1.807, 2.05) is 45.2 Å². The number of ketones is 1. The van der Waals surface area contributed by atoms with Crippen LogP contribution < -0.4 is 16.0 Å². The monoisotopic (exact) mass is 635 g/mol. The highest BCUT2D eigenvalue weighted by atomic mass is 16.5. The number of carbonyl (C=O) groups is 2. The molecule has 46 heavy (non-hydrogen) atoms. The number of likely N-dealkylation sites (tertiary alicyclic amines) is 1. The smallest absolute Gasteiger partial charge is 0.250 e. The van der Waals surface area contributed by atoms with E-state index in [1.165, 1.54) is 45.3 Å². The number of hydrogen-bond donors (Lipinski definition) is 2. The van der Waals surface area contributed by atoms with Crippen molar-refractivity contribution in [1.29, 1.82) is 0 Å². The molecule has 254 valence electrons. The number of nitrogens with zero attached hydrogens (tertiary/aromatic N) is 3. The summed E-state index contributed by atoms with van der Waals surface area (Å²) in [7, 11) is 3.39. The summed E-state index contributed by atoms with van der Waals surface area (Å²) in [5, 5.41) is 0.973. The number of hydrogen-bond acceptors (Lipinski definition) is 6. The number of fused-ring (bicyclic) bond motifs is 1. The summed E-state index contributed by atoms with van der Waals surface area (Å²) in [4.78, 5) is 42.3. The quantitative estimate of drug-likeness (QED) is 0.138. The molecule has 1 saturated carbocycles. The minimum Gasteiger partial charge on any atom is -0.496 e. The number of carbonyl (C=O) groups excluding carboxylic acids is 2. The molecule has 1 saturated heterocycles. The lowest BCUT2D eigenvalue weighted by atomic mass is 9.94. The fraction of sp³-hybridized carbons (Fsp3) is 0.568. The van der Waals surface area contributed by atoms with Crippen molar-refractivity contribution in [1.82, 2.24) is 19.4 Å². The Balaban J connectivity index is 0.000000511. The number of amides is 1. The van der Waals surface area contributed by atoms with E-state index in [4.69, 9.17) is 9.53 Å². The highest BCUT2D eigenvalue weighted by Crippen LogP contribution is 2.53. The van der Waals surface area contributed by atoms with Gasteiger partial charge in [0.15, 0.2) is 0 Å². The molecule has 5 rings (SSSR count). The number of benzene rings is 1. The molecule has 0 unspecified atom stereocenters. The van der Waals surface area contributed by atoms with Crippen molar-refractivity contribution >= 4 is 23.1 Å². The van der Waals surface area contributed by atoms with Crippen LogP contribution in [0.4, 0.5) is 0 Å². The molecule has 1 aliphatic heterocycles. The zero-order valence-electron chi connectivity index (χ0n) is 29.1.